The van der Waals surface area contributed by atoms with Crippen LogP contribution in [0.15, 0.2) is 0 Å². The van der Waals surface area contributed by atoms with E-state index in [4.69, 9.17) is 0 Å². The summed E-state index contributed by atoms with van der Waals surface area (Å²) in [5.74, 6) is -3.71. The third-order valence-corrected chi connectivity index (χ3v) is 7.99. The van der Waals surface area contributed by atoms with Gasteiger partial charge in [0.25, 0.3) is 0 Å². The van der Waals surface area contributed by atoms with Crippen molar-refractivity contribution < 1.29 is 44.1 Å². The predicted octanol–water partition coefficient (Wildman–Crippen LogP) is 1.57. The van der Waals surface area contributed by atoms with Gasteiger partial charge in [0.15, 0.2) is 0 Å². The van der Waals surface area contributed by atoms with E-state index in [0.717, 1.165) is 25.7 Å². The van der Waals surface area contributed by atoms with Crippen LogP contribution in [0.2, 0.25) is 0 Å². The van der Waals surface area contributed by atoms with Gasteiger partial charge in [-0.15, -0.1) is 0 Å². The van der Waals surface area contributed by atoms with E-state index < -0.39 is 17.9 Å². The van der Waals surface area contributed by atoms with E-state index in [2.05, 4.69) is 20.8 Å². The first-order chi connectivity index (χ1) is 21.9. The number of hydrogen-bond acceptors (Lipinski definition) is 10. The minimum atomic E-state index is -1.02. The molecule has 2 aliphatic rings. The summed E-state index contributed by atoms with van der Waals surface area (Å²) in [7, 11) is 0. The summed E-state index contributed by atoms with van der Waals surface area (Å²) in [6, 6.07) is 0. The number of nitrogens with zero attached hydrogens (tertiary/aromatic N) is 5. The molecule has 0 bridgehead atoms. The van der Waals surface area contributed by atoms with Gasteiger partial charge in [-0.1, -0.05) is 52.9 Å². The van der Waals surface area contributed by atoms with Crippen molar-refractivity contribution in [3.05, 3.63) is 0 Å². The third kappa shape index (κ3) is 17.7. The number of unbranched alkanes of at least 4 members (excludes halogenated alkanes) is 3. The highest BCUT2D eigenvalue weighted by Crippen LogP contribution is 2.25. The van der Waals surface area contributed by atoms with Gasteiger partial charge in [0.2, 0.25) is 11.8 Å². The quantitative estimate of drug-likeness (QED) is 0.152. The molecule has 1 unspecified atom stereocenters. The summed E-state index contributed by atoms with van der Waals surface area (Å²) in [5.41, 5.74) is 0. The SMILES string of the molecule is CCC.CCCCCCC1CC(=O)N(CCCC(=O)CN2CCN(CC(=O)O)CCN(CC(=O)O)CCN(CC(=O)O)CC2)C1=O. The van der Waals surface area contributed by atoms with Gasteiger partial charge in [-0.2, -0.15) is 0 Å². The van der Waals surface area contributed by atoms with Crippen LogP contribution in [-0.4, -0.2) is 160 Å². The van der Waals surface area contributed by atoms with Crippen molar-refractivity contribution in [1.82, 2.24) is 24.5 Å². The Balaban J connectivity index is 0.00000338. The van der Waals surface area contributed by atoms with Crippen LogP contribution in [0, 0.1) is 5.92 Å². The van der Waals surface area contributed by atoms with Crippen molar-refractivity contribution in [2.75, 3.05) is 85.1 Å². The second-order valence-electron chi connectivity index (χ2n) is 12.3. The van der Waals surface area contributed by atoms with Gasteiger partial charge in [0, 0.05) is 77.7 Å². The Hall–Kier alpha value is -2.94. The van der Waals surface area contributed by atoms with E-state index in [-0.39, 0.29) is 69.1 Å². The smallest absolute Gasteiger partial charge is 0.317 e. The van der Waals surface area contributed by atoms with Crippen LogP contribution in [0.25, 0.3) is 0 Å². The molecule has 2 rings (SSSR count). The topological polar surface area (TPSA) is 179 Å². The second kappa shape index (κ2) is 23.4. The first-order valence-corrected chi connectivity index (χ1v) is 16.8. The number of carbonyl (C=O) groups excluding carboxylic acids is 3. The van der Waals surface area contributed by atoms with Gasteiger partial charge in [-0.25, -0.2) is 0 Å². The first kappa shape index (κ1) is 41.1. The zero-order valence-electron chi connectivity index (χ0n) is 28.2. The zero-order valence-corrected chi connectivity index (χ0v) is 28.2. The van der Waals surface area contributed by atoms with Crippen LogP contribution in [0.5, 0.6) is 0 Å². The van der Waals surface area contributed by atoms with Crippen LogP contribution in [-0.2, 0) is 28.8 Å². The molecule has 1 atom stereocenters. The maximum absolute atomic E-state index is 12.9. The molecule has 14 nitrogen and oxygen atoms in total. The number of carboxylic acids is 3. The number of hydrogen-bond donors (Lipinski definition) is 3. The number of rotatable bonds is 17. The van der Waals surface area contributed by atoms with Crippen LogP contribution in [0.3, 0.4) is 0 Å². The fourth-order valence-corrected chi connectivity index (χ4v) is 5.58. The minimum Gasteiger partial charge on any atom is -0.480 e. The number of amides is 2. The fraction of sp³-hybridized carbons (Fsp3) is 0.812. The number of ketones is 1. The number of carbonyl (C=O) groups is 6. The van der Waals surface area contributed by atoms with Crippen molar-refractivity contribution in [2.45, 2.75) is 78.6 Å². The third-order valence-electron chi connectivity index (χ3n) is 7.99. The zero-order chi connectivity index (χ0) is 34.5. The summed E-state index contributed by atoms with van der Waals surface area (Å²) >= 11 is 0. The molecule has 2 amide bonds. The number of aliphatic carboxylic acids is 3. The molecule has 2 fully saturated rings. The van der Waals surface area contributed by atoms with Crippen molar-refractivity contribution in [3.63, 3.8) is 0 Å². The van der Waals surface area contributed by atoms with Gasteiger partial charge in [-0.3, -0.25) is 53.3 Å². The molecule has 0 aromatic carbocycles. The molecule has 14 heteroatoms. The molecule has 2 aliphatic heterocycles. The highest BCUT2D eigenvalue weighted by Gasteiger charge is 2.37. The lowest BCUT2D eigenvalue weighted by Crippen LogP contribution is -2.49. The Bertz CT molecular complexity index is 948. The standard InChI is InChI=1S/C29H49N5O9.C3H8/c1-2-3-4-5-7-23-18-25(36)34(29(23)43)9-6-8-24(35)19-30-10-12-31(20-26(37)38)14-16-33(22-28(41)42)17-15-32(13-11-30)21-27(39)40;1-3-2/h23H,2-22H2,1H3,(H,37,38)(H,39,40)(H,41,42);3H2,1-2H3. The van der Waals surface area contributed by atoms with Crippen LogP contribution in [0.1, 0.15) is 78.6 Å². The predicted molar refractivity (Wildman–Crippen MR) is 172 cm³/mol. The average Bonchev–Trinajstić information content (AvgIpc) is 3.24. The molecule has 0 aliphatic carbocycles. The van der Waals surface area contributed by atoms with E-state index in [1.807, 2.05) is 4.90 Å². The number of likely N-dealkylation sites (tertiary alicyclic amines) is 1. The minimum absolute atomic E-state index is 0.0783. The monoisotopic (exact) mass is 655 g/mol. The summed E-state index contributed by atoms with van der Waals surface area (Å²) in [6.45, 7) is 8.54. The Kier molecular flexibility index (Phi) is 20.9. The largest absolute Gasteiger partial charge is 0.480 e. The van der Waals surface area contributed by atoms with Crippen molar-refractivity contribution in [1.29, 1.82) is 0 Å². The first-order valence-electron chi connectivity index (χ1n) is 16.8. The number of carboxylic acid groups (broad SMARTS) is 3. The molecule has 46 heavy (non-hydrogen) atoms. The Morgan fingerprint density at radius 1 is 0.630 bits per heavy atom. The Labute approximate surface area is 273 Å². The van der Waals surface area contributed by atoms with E-state index in [1.165, 1.54) is 11.3 Å². The molecule has 2 saturated heterocycles. The number of imide groups is 1. The fourth-order valence-electron chi connectivity index (χ4n) is 5.58. The van der Waals surface area contributed by atoms with E-state index in [1.54, 1.807) is 14.7 Å². The Morgan fingerprint density at radius 3 is 1.43 bits per heavy atom. The highest BCUT2D eigenvalue weighted by atomic mass is 16.4. The summed E-state index contributed by atoms with van der Waals surface area (Å²) in [6.07, 6.45) is 6.92. The lowest BCUT2D eigenvalue weighted by Gasteiger charge is -2.32. The molecular weight excluding hydrogens is 598 g/mol. The van der Waals surface area contributed by atoms with Gasteiger partial charge in [-0.05, 0) is 12.8 Å². The van der Waals surface area contributed by atoms with Crippen molar-refractivity contribution in [2.24, 2.45) is 5.92 Å². The van der Waals surface area contributed by atoms with E-state index >= 15 is 0 Å². The molecule has 0 spiro atoms. The molecule has 0 saturated carbocycles. The average molecular weight is 656 g/mol. The summed E-state index contributed by atoms with van der Waals surface area (Å²) in [4.78, 5) is 80.6. The molecule has 0 radical (unpaired) electrons. The maximum atomic E-state index is 12.9. The van der Waals surface area contributed by atoms with Gasteiger partial charge in [0.1, 0.15) is 5.78 Å². The normalized spacial score (nSPS) is 19.6. The van der Waals surface area contributed by atoms with Crippen LogP contribution >= 0.6 is 0 Å². The van der Waals surface area contributed by atoms with Crippen molar-refractivity contribution >= 4 is 35.5 Å². The van der Waals surface area contributed by atoms with E-state index in [0.29, 0.717) is 65.2 Å². The van der Waals surface area contributed by atoms with Crippen LogP contribution in [0.4, 0.5) is 0 Å². The van der Waals surface area contributed by atoms with Crippen molar-refractivity contribution in [3.8, 4) is 0 Å². The second-order valence-corrected chi connectivity index (χ2v) is 12.3. The van der Waals surface area contributed by atoms with Gasteiger partial charge >= 0.3 is 17.9 Å². The summed E-state index contributed by atoms with van der Waals surface area (Å²) < 4.78 is 0. The number of Topliss-reactive ketones (excluding diaryl/α,β-unsaturated/α-hetero) is 1. The summed E-state index contributed by atoms with van der Waals surface area (Å²) in [5, 5.41) is 28.0. The molecular formula is C32H57N5O9. The van der Waals surface area contributed by atoms with Gasteiger partial charge in [0.05, 0.1) is 26.2 Å². The van der Waals surface area contributed by atoms with Crippen LogP contribution < -0.4 is 0 Å². The molecule has 3 N–H and O–H groups in total. The molecule has 264 valence electrons. The van der Waals surface area contributed by atoms with E-state index in [9.17, 15) is 44.1 Å². The lowest BCUT2D eigenvalue weighted by molar-refractivity contribution is -0.140. The highest BCUT2D eigenvalue weighted by molar-refractivity contribution is 6.03. The molecule has 0 aromatic heterocycles. The molecule has 2 heterocycles. The molecule has 0 aromatic rings. The maximum Gasteiger partial charge on any atom is 0.317 e. The van der Waals surface area contributed by atoms with Gasteiger partial charge < -0.3 is 15.3 Å². The lowest BCUT2D eigenvalue weighted by atomic mass is 9.99. The Morgan fingerprint density at radius 2 is 1.04 bits per heavy atom.